The molecule has 0 amide bonds. The van der Waals surface area contributed by atoms with Gasteiger partial charge in [0.05, 0.1) is 27.1 Å². The number of rotatable bonds is 6. The summed E-state index contributed by atoms with van der Waals surface area (Å²) in [7, 11) is -3.81. The Kier molecular flexibility index (Phi) is 5.50. The van der Waals surface area contributed by atoms with Crippen LogP contribution in [0.3, 0.4) is 0 Å². The first kappa shape index (κ1) is 23.6. The molecular formula is C26H21F3N4O3S. The lowest BCUT2D eigenvalue weighted by molar-refractivity contribution is 0.267. The molecule has 190 valence electrons. The van der Waals surface area contributed by atoms with Gasteiger partial charge in [0.15, 0.2) is 0 Å². The molecule has 0 atom stereocenters. The lowest BCUT2D eigenvalue weighted by atomic mass is 9.70. The number of halogens is 3. The molecule has 0 radical (unpaired) electrons. The monoisotopic (exact) mass is 526 g/mol. The highest BCUT2D eigenvalue weighted by molar-refractivity contribution is 7.89. The van der Waals surface area contributed by atoms with E-state index < -0.39 is 33.2 Å². The molecule has 1 aliphatic rings. The fraction of sp³-hybridized carbons (Fsp3) is 0.192. The second-order valence-corrected chi connectivity index (χ2v) is 11.2. The maximum Gasteiger partial charge on any atom is 0.323 e. The van der Waals surface area contributed by atoms with Crippen molar-refractivity contribution in [2.24, 2.45) is 5.92 Å². The molecule has 6 rings (SSSR count). The Hall–Kier alpha value is -3.83. The van der Waals surface area contributed by atoms with Crippen LogP contribution in [0.15, 0.2) is 64.3 Å². The number of hydrogen-bond donors (Lipinski definition) is 4. The van der Waals surface area contributed by atoms with Gasteiger partial charge in [-0.1, -0.05) is 0 Å². The second-order valence-electron chi connectivity index (χ2n) is 9.40. The smallest absolute Gasteiger partial charge is 0.323 e. The van der Waals surface area contributed by atoms with Gasteiger partial charge < -0.3 is 15.0 Å². The Morgan fingerprint density at radius 2 is 1.59 bits per heavy atom. The summed E-state index contributed by atoms with van der Waals surface area (Å²) in [5.41, 5.74) is 2.64. The fourth-order valence-corrected chi connectivity index (χ4v) is 6.28. The second kappa shape index (κ2) is 8.63. The van der Waals surface area contributed by atoms with Crippen molar-refractivity contribution in [2.45, 2.75) is 23.7 Å². The number of sulfonamides is 1. The normalized spacial score (nSPS) is 17.9. The predicted molar refractivity (Wildman–Crippen MR) is 133 cm³/mol. The molecule has 1 fully saturated rings. The number of H-pyrrole nitrogens is 3. The summed E-state index contributed by atoms with van der Waals surface area (Å²) in [5, 5.41) is 0.426. The van der Waals surface area contributed by atoms with Gasteiger partial charge in [0.2, 0.25) is 10.0 Å². The van der Waals surface area contributed by atoms with Crippen molar-refractivity contribution in [3.8, 4) is 11.3 Å². The van der Waals surface area contributed by atoms with Crippen LogP contribution in [0.2, 0.25) is 0 Å². The largest absolute Gasteiger partial charge is 0.352 e. The highest BCUT2D eigenvalue weighted by atomic mass is 32.2. The van der Waals surface area contributed by atoms with Crippen LogP contribution >= 0.6 is 0 Å². The molecule has 7 nitrogen and oxygen atoms in total. The van der Waals surface area contributed by atoms with Crippen molar-refractivity contribution < 1.29 is 21.6 Å². The summed E-state index contributed by atoms with van der Waals surface area (Å²) < 4.78 is 70.4. The third-order valence-corrected chi connectivity index (χ3v) is 8.42. The summed E-state index contributed by atoms with van der Waals surface area (Å²) in [6, 6.07) is 12.2. The standard InChI is InChI=1S/C26H21F3N4O3S/c27-16-3-1-14(2-4-16)24-23(19-9-17(28)10-20(29)25(19)33-24)15-7-13(8-15)12-30-37(35,36)18-5-6-21-22(11-18)32-26(34)31-21/h1-6,9-11,13,15,30,33H,7-8,12H2,(H2,31,32,34). The average Bonchev–Trinajstić information content (AvgIpc) is 3.38. The quantitative estimate of drug-likeness (QED) is 0.253. The Morgan fingerprint density at radius 1 is 0.865 bits per heavy atom. The summed E-state index contributed by atoms with van der Waals surface area (Å²) >= 11 is 0. The van der Waals surface area contributed by atoms with Gasteiger partial charge in [0.25, 0.3) is 0 Å². The van der Waals surface area contributed by atoms with Crippen LogP contribution in [0.1, 0.15) is 24.3 Å². The van der Waals surface area contributed by atoms with E-state index in [2.05, 4.69) is 19.7 Å². The predicted octanol–water partition coefficient (Wildman–Crippen LogP) is 4.89. The average molecular weight is 527 g/mol. The van der Waals surface area contributed by atoms with Crippen LogP contribution in [0, 0.1) is 23.4 Å². The number of benzene rings is 3. The van der Waals surface area contributed by atoms with E-state index in [1.807, 2.05) is 0 Å². The zero-order valence-electron chi connectivity index (χ0n) is 19.2. The van der Waals surface area contributed by atoms with Crippen molar-refractivity contribution in [1.82, 2.24) is 19.7 Å². The topological polar surface area (TPSA) is 111 Å². The number of hydrogen-bond acceptors (Lipinski definition) is 3. The van der Waals surface area contributed by atoms with E-state index in [0.29, 0.717) is 40.5 Å². The zero-order valence-corrected chi connectivity index (χ0v) is 20.1. The Balaban J connectivity index is 1.23. The molecule has 2 aromatic heterocycles. The number of nitrogens with one attached hydrogen (secondary N) is 4. The van der Waals surface area contributed by atoms with E-state index in [-0.39, 0.29) is 28.8 Å². The molecule has 1 aliphatic carbocycles. The fourth-order valence-electron chi connectivity index (χ4n) is 5.14. The third kappa shape index (κ3) is 4.23. The number of aromatic nitrogens is 3. The Labute approximate surface area is 208 Å². The van der Waals surface area contributed by atoms with Gasteiger partial charge in [-0.05, 0) is 84.3 Å². The van der Waals surface area contributed by atoms with E-state index in [1.54, 1.807) is 12.1 Å². The van der Waals surface area contributed by atoms with Crippen molar-refractivity contribution in [3.63, 3.8) is 0 Å². The van der Waals surface area contributed by atoms with Crippen molar-refractivity contribution in [3.05, 3.63) is 88.1 Å². The molecular weight excluding hydrogens is 505 g/mol. The molecule has 11 heteroatoms. The maximum absolute atomic E-state index is 14.6. The molecule has 0 bridgehead atoms. The first-order valence-electron chi connectivity index (χ1n) is 11.7. The molecule has 4 N–H and O–H groups in total. The Morgan fingerprint density at radius 3 is 2.35 bits per heavy atom. The third-order valence-electron chi connectivity index (χ3n) is 7.00. The molecule has 0 saturated heterocycles. The van der Waals surface area contributed by atoms with Gasteiger partial charge in [-0.2, -0.15) is 0 Å². The van der Waals surface area contributed by atoms with E-state index >= 15 is 0 Å². The molecule has 0 unspecified atom stereocenters. The van der Waals surface area contributed by atoms with E-state index in [4.69, 9.17) is 0 Å². The van der Waals surface area contributed by atoms with Gasteiger partial charge in [0, 0.05) is 18.0 Å². The summed E-state index contributed by atoms with van der Waals surface area (Å²) in [5.74, 6) is -1.86. The lowest BCUT2D eigenvalue weighted by Crippen LogP contribution is -2.35. The van der Waals surface area contributed by atoms with Gasteiger partial charge >= 0.3 is 5.69 Å². The minimum Gasteiger partial charge on any atom is -0.352 e. The van der Waals surface area contributed by atoms with E-state index in [9.17, 15) is 26.4 Å². The van der Waals surface area contributed by atoms with Gasteiger partial charge in [-0.25, -0.2) is 31.1 Å². The van der Waals surface area contributed by atoms with E-state index in [0.717, 1.165) is 11.6 Å². The maximum atomic E-state index is 14.6. The number of aromatic amines is 3. The molecule has 1 saturated carbocycles. The van der Waals surface area contributed by atoms with Gasteiger partial charge in [0.1, 0.15) is 17.5 Å². The highest BCUT2D eigenvalue weighted by Crippen LogP contribution is 2.48. The zero-order chi connectivity index (χ0) is 25.9. The minimum atomic E-state index is -3.81. The summed E-state index contributed by atoms with van der Waals surface area (Å²) in [6.07, 6.45) is 1.21. The highest BCUT2D eigenvalue weighted by Gasteiger charge is 2.35. The first-order valence-corrected chi connectivity index (χ1v) is 13.1. The molecule has 37 heavy (non-hydrogen) atoms. The van der Waals surface area contributed by atoms with Crippen molar-refractivity contribution in [2.75, 3.05) is 6.54 Å². The molecule has 0 spiro atoms. The summed E-state index contributed by atoms with van der Waals surface area (Å²) in [4.78, 5) is 19.6. The SMILES string of the molecule is O=c1[nH]c2ccc(S(=O)(=O)NCC3CC(c4c(-c5ccc(F)cc5)[nH]c5c(F)cc(F)cc45)C3)cc2[nH]1. The lowest BCUT2D eigenvalue weighted by Gasteiger charge is -2.36. The molecule has 3 aromatic carbocycles. The van der Waals surface area contributed by atoms with E-state index in [1.165, 1.54) is 36.4 Å². The number of fused-ring (bicyclic) bond motifs is 2. The van der Waals surface area contributed by atoms with Crippen molar-refractivity contribution in [1.29, 1.82) is 0 Å². The van der Waals surface area contributed by atoms with Crippen LogP contribution in [0.5, 0.6) is 0 Å². The first-order chi connectivity index (χ1) is 17.7. The number of imidazole rings is 1. The minimum absolute atomic E-state index is 0.0139. The van der Waals surface area contributed by atoms with Crippen LogP contribution in [-0.2, 0) is 10.0 Å². The molecule has 0 aliphatic heterocycles. The van der Waals surface area contributed by atoms with Crippen molar-refractivity contribution >= 4 is 32.0 Å². The van der Waals surface area contributed by atoms with Crippen LogP contribution in [0.4, 0.5) is 13.2 Å². The van der Waals surface area contributed by atoms with Gasteiger partial charge in [-0.15, -0.1) is 0 Å². The van der Waals surface area contributed by atoms with Crippen LogP contribution < -0.4 is 10.4 Å². The molecule has 2 heterocycles. The Bertz CT molecular complexity index is 1820. The van der Waals surface area contributed by atoms with Crippen LogP contribution in [-0.4, -0.2) is 29.9 Å². The van der Waals surface area contributed by atoms with Gasteiger partial charge in [-0.3, -0.25) is 0 Å². The molecule has 5 aromatic rings. The summed E-state index contributed by atoms with van der Waals surface area (Å²) in [6.45, 7) is 0.192. The van der Waals surface area contributed by atoms with Crippen LogP contribution in [0.25, 0.3) is 33.2 Å².